The SMILES string of the molecule is CCCN(CC)CCNS(=O)(=O)c1ccccc1N. The molecule has 0 bridgehead atoms. The number of benzene rings is 1. The Kier molecular flexibility index (Phi) is 6.27. The first-order valence-corrected chi connectivity index (χ1v) is 8.06. The van der Waals surface area contributed by atoms with Gasteiger partial charge in [-0.1, -0.05) is 26.0 Å². The Morgan fingerprint density at radius 1 is 1.21 bits per heavy atom. The van der Waals surface area contributed by atoms with Crippen LogP contribution in [-0.2, 0) is 10.0 Å². The van der Waals surface area contributed by atoms with E-state index in [-0.39, 0.29) is 10.6 Å². The van der Waals surface area contributed by atoms with Crippen molar-refractivity contribution in [3.63, 3.8) is 0 Å². The number of anilines is 1. The molecule has 0 spiro atoms. The normalized spacial score (nSPS) is 11.9. The number of para-hydroxylation sites is 1. The van der Waals surface area contributed by atoms with Crippen LogP contribution in [0.5, 0.6) is 0 Å². The summed E-state index contributed by atoms with van der Waals surface area (Å²) in [4.78, 5) is 2.35. The first-order valence-electron chi connectivity index (χ1n) is 6.57. The maximum Gasteiger partial charge on any atom is 0.242 e. The Hall–Kier alpha value is -1.11. The number of nitrogens with zero attached hydrogens (tertiary/aromatic N) is 1. The zero-order valence-corrected chi connectivity index (χ0v) is 12.4. The molecule has 0 aliphatic heterocycles. The van der Waals surface area contributed by atoms with Gasteiger partial charge in [-0.2, -0.15) is 0 Å². The fourth-order valence-corrected chi connectivity index (χ4v) is 3.04. The topological polar surface area (TPSA) is 75.4 Å². The van der Waals surface area contributed by atoms with Crippen LogP contribution in [-0.4, -0.2) is 39.5 Å². The van der Waals surface area contributed by atoms with Gasteiger partial charge >= 0.3 is 0 Å². The van der Waals surface area contributed by atoms with Crippen molar-refractivity contribution in [3.05, 3.63) is 24.3 Å². The molecule has 1 aromatic carbocycles. The van der Waals surface area contributed by atoms with Gasteiger partial charge in [0, 0.05) is 13.1 Å². The molecule has 0 saturated carbocycles. The summed E-state index contributed by atoms with van der Waals surface area (Å²) >= 11 is 0. The minimum Gasteiger partial charge on any atom is -0.398 e. The van der Waals surface area contributed by atoms with Crippen molar-refractivity contribution < 1.29 is 8.42 Å². The van der Waals surface area contributed by atoms with Gasteiger partial charge in [0.05, 0.1) is 5.69 Å². The fourth-order valence-electron chi connectivity index (χ4n) is 1.89. The molecule has 5 nitrogen and oxygen atoms in total. The van der Waals surface area contributed by atoms with Crippen molar-refractivity contribution in [2.75, 3.05) is 31.9 Å². The van der Waals surface area contributed by atoms with Gasteiger partial charge < -0.3 is 10.6 Å². The second-order valence-corrected chi connectivity index (χ2v) is 6.11. The maximum absolute atomic E-state index is 12.1. The number of nitrogen functional groups attached to an aromatic ring is 1. The summed E-state index contributed by atoms with van der Waals surface area (Å²) in [5, 5.41) is 0. The Bertz CT molecular complexity index is 488. The monoisotopic (exact) mass is 285 g/mol. The van der Waals surface area contributed by atoms with Crippen LogP contribution in [0.1, 0.15) is 20.3 Å². The summed E-state index contributed by atoms with van der Waals surface area (Å²) in [6.07, 6.45) is 1.06. The number of sulfonamides is 1. The van der Waals surface area contributed by atoms with E-state index in [1.807, 2.05) is 0 Å². The largest absolute Gasteiger partial charge is 0.398 e. The van der Waals surface area contributed by atoms with Crippen molar-refractivity contribution in [3.8, 4) is 0 Å². The quantitative estimate of drug-likeness (QED) is 0.706. The first kappa shape index (κ1) is 15.9. The molecule has 0 amide bonds. The Morgan fingerprint density at radius 3 is 2.47 bits per heavy atom. The van der Waals surface area contributed by atoms with Crippen molar-refractivity contribution >= 4 is 15.7 Å². The summed E-state index contributed by atoms with van der Waals surface area (Å²) < 4.78 is 26.7. The number of hydrogen-bond acceptors (Lipinski definition) is 4. The highest BCUT2D eigenvalue weighted by atomic mass is 32.2. The van der Waals surface area contributed by atoms with E-state index < -0.39 is 10.0 Å². The average molecular weight is 285 g/mol. The second kappa shape index (κ2) is 7.47. The molecule has 0 atom stereocenters. The summed E-state index contributed by atoms with van der Waals surface area (Å²) in [5.41, 5.74) is 5.96. The van der Waals surface area contributed by atoms with Gasteiger partial charge in [-0.3, -0.25) is 0 Å². The van der Waals surface area contributed by atoms with Gasteiger partial charge in [-0.15, -0.1) is 0 Å². The molecule has 1 rings (SSSR count). The lowest BCUT2D eigenvalue weighted by molar-refractivity contribution is 0.293. The van der Waals surface area contributed by atoms with Crippen LogP contribution < -0.4 is 10.5 Å². The summed E-state index contributed by atoms with van der Waals surface area (Å²) in [7, 11) is -3.51. The number of nitrogens with one attached hydrogen (secondary N) is 1. The Morgan fingerprint density at radius 2 is 1.89 bits per heavy atom. The molecule has 19 heavy (non-hydrogen) atoms. The van der Waals surface area contributed by atoms with Gasteiger partial charge in [0.2, 0.25) is 10.0 Å². The fraction of sp³-hybridized carbons (Fsp3) is 0.538. The number of hydrogen-bond donors (Lipinski definition) is 2. The Balaban J connectivity index is 2.59. The van der Waals surface area contributed by atoms with Crippen molar-refractivity contribution in [1.29, 1.82) is 0 Å². The van der Waals surface area contributed by atoms with Crippen molar-refractivity contribution in [1.82, 2.24) is 9.62 Å². The summed E-state index contributed by atoms with van der Waals surface area (Å²) in [6, 6.07) is 6.49. The molecule has 108 valence electrons. The third-order valence-corrected chi connectivity index (χ3v) is 4.45. The predicted octanol–water partition coefficient (Wildman–Crippen LogP) is 1.28. The van der Waals surface area contributed by atoms with E-state index in [9.17, 15) is 8.42 Å². The predicted molar refractivity (Wildman–Crippen MR) is 78.4 cm³/mol. The van der Waals surface area contributed by atoms with E-state index >= 15 is 0 Å². The molecule has 3 N–H and O–H groups in total. The van der Waals surface area contributed by atoms with Gasteiger partial charge in [0.15, 0.2) is 0 Å². The van der Waals surface area contributed by atoms with Crippen LogP contribution in [0.3, 0.4) is 0 Å². The molecule has 1 aromatic rings. The lowest BCUT2D eigenvalue weighted by atomic mass is 10.3. The molecule has 0 saturated heterocycles. The van der Waals surface area contributed by atoms with Gasteiger partial charge in [-0.05, 0) is 31.6 Å². The zero-order chi connectivity index (χ0) is 14.3. The van der Waals surface area contributed by atoms with Crippen molar-refractivity contribution in [2.45, 2.75) is 25.2 Å². The molecule has 0 aliphatic carbocycles. The number of likely N-dealkylation sites (N-methyl/N-ethyl adjacent to an activating group) is 1. The highest BCUT2D eigenvalue weighted by molar-refractivity contribution is 7.89. The van der Waals surface area contributed by atoms with Crippen LogP contribution in [0.15, 0.2) is 29.2 Å². The molecular weight excluding hydrogens is 262 g/mol. The summed E-state index contributed by atoms with van der Waals surface area (Å²) in [6.45, 7) is 7.17. The number of nitrogens with two attached hydrogens (primary N) is 1. The van der Waals surface area contributed by atoms with E-state index in [1.165, 1.54) is 6.07 Å². The second-order valence-electron chi connectivity index (χ2n) is 4.37. The standard InChI is InChI=1S/C13H23N3O2S/c1-3-10-16(4-2)11-9-15-19(17,18)13-8-6-5-7-12(13)14/h5-8,15H,3-4,9-11,14H2,1-2H3. The highest BCUT2D eigenvalue weighted by Gasteiger charge is 2.16. The minimum absolute atomic E-state index is 0.147. The van der Waals surface area contributed by atoms with E-state index in [1.54, 1.807) is 18.2 Å². The minimum atomic E-state index is -3.51. The average Bonchev–Trinajstić information content (AvgIpc) is 2.38. The lowest BCUT2D eigenvalue weighted by Gasteiger charge is -2.19. The maximum atomic E-state index is 12.1. The van der Waals surface area contributed by atoms with Crippen LogP contribution in [0, 0.1) is 0 Å². The molecule has 0 radical (unpaired) electrons. The molecule has 6 heteroatoms. The van der Waals surface area contributed by atoms with E-state index in [4.69, 9.17) is 5.73 Å². The van der Waals surface area contributed by atoms with Crippen LogP contribution >= 0.6 is 0 Å². The van der Waals surface area contributed by atoms with Crippen LogP contribution in [0.2, 0.25) is 0 Å². The van der Waals surface area contributed by atoms with Crippen LogP contribution in [0.4, 0.5) is 5.69 Å². The zero-order valence-electron chi connectivity index (χ0n) is 11.6. The molecular formula is C13H23N3O2S. The molecule has 0 aliphatic rings. The molecule has 0 heterocycles. The van der Waals surface area contributed by atoms with E-state index in [2.05, 4.69) is 23.5 Å². The van der Waals surface area contributed by atoms with Crippen LogP contribution in [0.25, 0.3) is 0 Å². The highest BCUT2D eigenvalue weighted by Crippen LogP contribution is 2.16. The molecule has 0 aromatic heterocycles. The van der Waals surface area contributed by atoms with E-state index in [0.29, 0.717) is 13.1 Å². The molecule has 0 fully saturated rings. The lowest BCUT2D eigenvalue weighted by Crippen LogP contribution is -2.35. The van der Waals surface area contributed by atoms with Gasteiger partial charge in [0.25, 0.3) is 0 Å². The van der Waals surface area contributed by atoms with Crippen molar-refractivity contribution in [2.24, 2.45) is 0 Å². The number of rotatable bonds is 8. The molecule has 0 unspecified atom stereocenters. The third-order valence-electron chi connectivity index (χ3n) is 2.92. The Labute approximate surface area is 115 Å². The summed E-state index contributed by atoms with van der Waals surface area (Å²) in [5.74, 6) is 0. The first-order chi connectivity index (χ1) is 9.01. The van der Waals surface area contributed by atoms with Gasteiger partial charge in [0.1, 0.15) is 4.90 Å². The van der Waals surface area contributed by atoms with Gasteiger partial charge in [-0.25, -0.2) is 13.1 Å². The van der Waals surface area contributed by atoms with E-state index in [0.717, 1.165) is 19.5 Å². The smallest absolute Gasteiger partial charge is 0.242 e. The third kappa shape index (κ3) is 4.81.